The summed E-state index contributed by atoms with van der Waals surface area (Å²) in [7, 11) is 0. The maximum Gasteiger partial charge on any atom is 0.0615 e. The first-order chi connectivity index (χ1) is 8.09. The lowest BCUT2D eigenvalue weighted by atomic mass is 9.76. The second-order valence-corrected chi connectivity index (χ2v) is 5.87. The van der Waals surface area contributed by atoms with Gasteiger partial charge in [-0.15, -0.1) is 0 Å². The van der Waals surface area contributed by atoms with Gasteiger partial charge in [0.1, 0.15) is 0 Å². The number of ether oxygens (including phenoxy) is 1. The fraction of sp³-hybridized carbons (Fsp3) is 0.600. The number of hydrogen-bond donors (Lipinski definition) is 0. The molecule has 1 fully saturated rings. The van der Waals surface area contributed by atoms with Crippen LogP contribution in [0.1, 0.15) is 30.0 Å². The van der Waals surface area contributed by atoms with Crippen molar-refractivity contribution in [2.45, 2.75) is 39.7 Å². The summed E-state index contributed by atoms with van der Waals surface area (Å²) in [5, 5.41) is 1.02. The van der Waals surface area contributed by atoms with Crippen molar-refractivity contribution in [2.75, 3.05) is 11.9 Å². The number of rotatable bonds is 3. The quantitative estimate of drug-likeness (QED) is 0.765. The summed E-state index contributed by atoms with van der Waals surface area (Å²) in [5.74, 6) is 0. The topological polar surface area (TPSA) is 9.23 Å². The van der Waals surface area contributed by atoms with Crippen LogP contribution in [0.25, 0.3) is 0 Å². The third-order valence-electron chi connectivity index (χ3n) is 4.27. The van der Waals surface area contributed by atoms with Crippen LogP contribution in [-0.2, 0) is 11.2 Å². The Morgan fingerprint density at radius 2 is 2.00 bits per heavy atom. The molecule has 2 unspecified atom stereocenters. The van der Waals surface area contributed by atoms with Crippen LogP contribution in [0.5, 0.6) is 0 Å². The van der Waals surface area contributed by atoms with E-state index in [-0.39, 0.29) is 5.41 Å². The van der Waals surface area contributed by atoms with Gasteiger partial charge in [0.25, 0.3) is 0 Å². The number of hydrogen-bond acceptors (Lipinski definition) is 1. The lowest BCUT2D eigenvalue weighted by Gasteiger charge is -2.31. The number of alkyl halides is 1. The summed E-state index contributed by atoms with van der Waals surface area (Å²) < 4.78 is 5.78. The fourth-order valence-corrected chi connectivity index (χ4v) is 3.69. The molecule has 1 aliphatic heterocycles. The van der Waals surface area contributed by atoms with Gasteiger partial charge in [-0.3, -0.25) is 0 Å². The highest BCUT2D eigenvalue weighted by atomic mass is 79.9. The summed E-state index contributed by atoms with van der Waals surface area (Å²) in [5.41, 5.74) is 4.59. The average Bonchev–Trinajstić information content (AvgIpc) is 2.66. The highest BCUT2D eigenvalue weighted by molar-refractivity contribution is 9.09. The Balaban J connectivity index is 2.30. The Morgan fingerprint density at radius 1 is 1.35 bits per heavy atom. The average molecular weight is 297 g/mol. The van der Waals surface area contributed by atoms with E-state index in [4.69, 9.17) is 4.74 Å². The molecule has 0 bridgehead atoms. The van der Waals surface area contributed by atoms with E-state index in [1.807, 2.05) is 0 Å². The van der Waals surface area contributed by atoms with Crippen LogP contribution in [0.2, 0.25) is 0 Å². The van der Waals surface area contributed by atoms with E-state index in [1.54, 1.807) is 0 Å². The molecule has 0 spiro atoms. The molecule has 1 nitrogen and oxygen atoms in total. The van der Waals surface area contributed by atoms with Gasteiger partial charge in [0, 0.05) is 17.4 Å². The van der Waals surface area contributed by atoms with Gasteiger partial charge in [0.2, 0.25) is 0 Å². The summed E-state index contributed by atoms with van der Waals surface area (Å²) in [6.45, 7) is 7.54. The predicted octanol–water partition coefficient (Wildman–Crippen LogP) is 4.04. The van der Waals surface area contributed by atoms with Crippen LogP contribution in [0.15, 0.2) is 18.2 Å². The van der Waals surface area contributed by atoms with Gasteiger partial charge >= 0.3 is 0 Å². The number of benzene rings is 1. The van der Waals surface area contributed by atoms with Crippen LogP contribution in [-0.4, -0.2) is 18.0 Å². The minimum absolute atomic E-state index is 0.275. The number of halogens is 1. The van der Waals surface area contributed by atoms with Crippen molar-refractivity contribution < 1.29 is 4.74 Å². The lowest BCUT2D eigenvalue weighted by molar-refractivity contribution is 0.0745. The van der Waals surface area contributed by atoms with E-state index < -0.39 is 0 Å². The van der Waals surface area contributed by atoms with Crippen molar-refractivity contribution in [3.8, 4) is 0 Å². The normalized spacial score (nSPS) is 28.6. The maximum absolute atomic E-state index is 5.78. The standard InChI is InChI=1S/C15H21BrO/c1-11-5-4-6-12(2)14(11)9-15(10-16)7-8-17-13(15)3/h4-6,13H,7-10H2,1-3H3. The van der Waals surface area contributed by atoms with E-state index in [1.165, 1.54) is 16.7 Å². The Morgan fingerprint density at radius 3 is 2.47 bits per heavy atom. The van der Waals surface area contributed by atoms with Crippen LogP contribution in [0, 0.1) is 19.3 Å². The molecule has 0 N–H and O–H groups in total. The summed E-state index contributed by atoms with van der Waals surface area (Å²) in [6.07, 6.45) is 2.63. The molecule has 2 rings (SSSR count). The van der Waals surface area contributed by atoms with Crippen LogP contribution in [0.3, 0.4) is 0 Å². The molecule has 1 aromatic carbocycles. The zero-order valence-corrected chi connectivity index (χ0v) is 12.5. The molecule has 0 amide bonds. The summed E-state index contributed by atoms with van der Waals surface area (Å²) >= 11 is 3.70. The molecule has 0 radical (unpaired) electrons. The molecule has 0 aromatic heterocycles. The maximum atomic E-state index is 5.78. The van der Waals surface area contributed by atoms with Gasteiger partial charge in [-0.1, -0.05) is 34.1 Å². The van der Waals surface area contributed by atoms with Crippen molar-refractivity contribution in [1.82, 2.24) is 0 Å². The Kier molecular flexibility index (Phi) is 3.94. The molecule has 2 heteroatoms. The molecule has 1 saturated heterocycles. The molecule has 0 aliphatic carbocycles. The largest absolute Gasteiger partial charge is 0.378 e. The SMILES string of the molecule is Cc1cccc(C)c1CC1(CBr)CCOC1C. The second-order valence-electron chi connectivity index (χ2n) is 5.31. The molecule has 17 heavy (non-hydrogen) atoms. The molecule has 94 valence electrons. The highest BCUT2D eigenvalue weighted by Crippen LogP contribution is 2.40. The predicted molar refractivity (Wildman–Crippen MR) is 75.9 cm³/mol. The molecule has 2 atom stereocenters. The zero-order chi connectivity index (χ0) is 12.5. The van der Waals surface area contributed by atoms with Crippen molar-refractivity contribution in [2.24, 2.45) is 5.41 Å². The van der Waals surface area contributed by atoms with Gasteiger partial charge in [-0.05, 0) is 50.3 Å². The Bertz CT molecular complexity index is 382. The molecular formula is C15H21BrO. The molecule has 1 aromatic rings. The monoisotopic (exact) mass is 296 g/mol. The van der Waals surface area contributed by atoms with Crippen molar-refractivity contribution in [3.05, 3.63) is 34.9 Å². The molecule has 1 heterocycles. The van der Waals surface area contributed by atoms with E-state index in [9.17, 15) is 0 Å². The number of aryl methyl sites for hydroxylation is 2. The molecule has 1 aliphatic rings. The van der Waals surface area contributed by atoms with Crippen molar-refractivity contribution >= 4 is 15.9 Å². The molecular weight excluding hydrogens is 276 g/mol. The van der Waals surface area contributed by atoms with E-state index in [0.717, 1.165) is 24.8 Å². The van der Waals surface area contributed by atoms with Gasteiger partial charge in [0.05, 0.1) is 6.10 Å². The summed E-state index contributed by atoms with van der Waals surface area (Å²) in [6, 6.07) is 6.57. The second kappa shape index (κ2) is 5.11. The van der Waals surface area contributed by atoms with Gasteiger partial charge < -0.3 is 4.74 Å². The van der Waals surface area contributed by atoms with Crippen LogP contribution in [0.4, 0.5) is 0 Å². The minimum atomic E-state index is 0.275. The fourth-order valence-electron chi connectivity index (χ4n) is 2.75. The van der Waals surface area contributed by atoms with E-state index in [0.29, 0.717) is 6.10 Å². The summed E-state index contributed by atoms with van der Waals surface area (Å²) in [4.78, 5) is 0. The Labute approximate surface area is 113 Å². The third kappa shape index (κ3) is 2.43. The van der Waals surface area contributed by atoms with Gasteiger partial charge in [-0.25, -0.2) is 0 Å². The van der Waals surface area contributed by atoms with Gasteiger partial charge in [0.15, 0.2) is 0 Å². The third-order valence-corrected chi connectivity index (χ3v) is 5.39. The smallest absolute Gasteiger partial charge is 0.0615 e. The van der Waals surface area contributed by atoms with E-state index in [2.05, 4.69) is 54.9 Å². The molecule has 0 saturated carbocycles. The van der Waals surface area contributed by atoms with E-state index >= 15 is 0 Å². The first-order valence-electron chi connectivity index (χ1n) is 6.32. The highest BCUT2D eigenvalue weighted by Gasteiger charge is 2.41. The van der Waals surface area contributed by atoms with Crippen LogP contribution < -0.4 is 0 Å². The zero-order valence-electron chi connectivity index (χ0n) is 10.9. The lowest BCUT2D eigenvalue weighted by Crippen LogP contribution is -2.33. The first kappa shape index (κ1) is 13.1. The van der Waals surface area contributed by atoms with Crippen molar-refractivity contribution in [3.63, 3.8) is 0 Å². The Hall–Kier alpha value is -0.340. The first-order valence-corrected chi connectivity index (χ1v) is 7.44. The minimum Gasteiger partial charge on any atom is -0.378 e. The van der Waals surface area contributed by atoms with Crippen LogP contribution >= 0.6 is 15.9 Å². The van der Waals surface area contributed by atoms with Gasteiger partial charge in [-0.2, -0.15) is 0 Å². The van der Waals surface area contributed by atoms with Crippen molar-refractivity contribution in [1.29, 1.82) is 0 Å².